The Labute approximate surface area is 388 Å². The lowest BCUT2D eigenvalue weighted by Crippen LogP contribution is -1.85. The summed E-state index contributed by atoms with van der Waals surface area (Å²) in [5, 5.41) is 0. The first-order valence-corrected chi connectivity index (χ1v) is 22.7. The standard InChI is InChI=1S/C66H46/c1-3-11-47(12-4-1)49-23-25-51(26-24-49)52-29-37-56(38-30-52)60-16-8-21-65(44-60)66-22-10-18-62(46-66)58-41-33-54(34-42-58)53-31-39-57(40-32-53)61-17-9-20-64(45-61)63-19-7-15-59(43-63)55-35-27-50(28-36-55)48-13-5-2-6-14-48/h1-46H. The first-order valence-electron chi connectivity index (χ1n) is 22.7. The Bertz CT molecular complexity index is 3380. The van der Waals surface area contributed by atoms with Crippen molar-refractivity contribution < 1.29 is 0 Å². The molecule has 11 rings (SSSR count). The monoisotopic (exact) mass is 838 g/mol. The van der Waals surface area contributed by atoms with Gasteiger partial charge in [0, 0.05) is 0 Å². The molecule has 66 heavy (non-hydrogen) atoms. The molecular weight excluding hydrogens is 793 g/mol. The molecule has 0 heterocycles. The van der Waals surface area contributed by atoms with Gasteiger partial charge in [-0.25, -0.2) is 0 Å². The molecule has 0 aromatic heterocycles. The van der Waals surface area contributed by atoms with Crippen LogP contribution in [0.3, 0.4) is 0 Å². The fourth-order valence-electron chi connectivity index (χ4n) is 9.05. The van der Waals surface area contributed by atoms with Gasteiger partial charge in [0.15, 0.2) is 0 Å². The molecule has 0 aliphatic carbocycles. The average molecular weight is 839 g/mol. The Hall–Kier alpha value is -8.58. The minimum atomic E-state index is 1.20. The second-order valence-electron chi connectivity index (χ2n) is 16.9. The fourth-order valence-corrected chi connectivity index (χ4v) is 9.05. The quantitative estimate of drug-likeness (QED) is 0.129. The number of hydrogen-bond acceptors (Lipinski definition) is 0. The van der Waals surface area contributed by atoms with Crippen molar-refractivity contribution in [2.45, 2.75) is 0 Å². The molecular formula is C66H46. The first kappa shape index (κ1) is 40.2. The van der Waals surface area contributed by atoms with Crippen molar-refractivity contribution >= 4 is 0 Å². The maximum absolute atomic E-state index is 2.30. The summed E-state index contributed by atoms with van der Waals surface area (Å²) in [6.45, 7) is 0. The summed E-state index contributed by atoms with van der Waals surface area (Å²) in [7, 11) is 0. The van der Waals surface area contributed by atoms with Crippen LogP contribution in [-0.2, 0) is 0 Å². The molecule has 0 nitrogen and oxygen atoms in total. The van der Waals surface area contributed by atoms with E-state index in [2.05, 4.69) is 279 Å². The molecule has 0 amide bonds. The molecule has 0 atom stereocenters. The van der Waals surface area contributed by atoms with Crippen molar-refractivity contribution in [2.75, 3.05) is 0 Å². The van der Waals surface area contributed by atoms with Crippen LogP contribution in [0.1, 0.15) is 0 Å². The summed E-state index contributed by atoms with van der Waals surface area (Å²) in [4.78, 5) is 0. The second kappa shape index (κ2) is 18.3. The third kappa shape index (κ3) is 8.69. The topological polar surface area (TPSA) is 0 Å². The second-order valence-corrected chi connectivity index (χ2v) is 16.9. The van der Waals surface area contributed by atoms with E-state index in [-0.39, 0.29) is 0 Å². The van der Waals surface area contributed by atoms with Crippen LogP contribution >= 0.6 is 0 Å². The van der Waals surface area contributed by atoms with E-state index in [1.54, 1.807) is 0 Å². The van der Waals surface area contributed by atoms with E-state index in [9.17, 15) is 0 Å². The summed E-state index contributed by atoms with van der Waals surface area (Å²) in [6, 6.07) is 101. The molecule has 0 saturated carbocycles. The van der Waals surface area contributed by atoms with Gasteiger partial charge in [-0.3, -0.25) is 0 Å². The molecule has 0 heteroatoms. The van der Waals surface area contributed by atoms with E-state index in [4.69, 9.17) is 0 Å². The maximum Gasteiger partial charge on any atom is -0.0178 e. The zero-order chi connectivity index (χ0) is 44.1. The van der Waals surface area contributed by atoms with Crippen LogP contribution in [0.15, 0.2) is 279 Å². The Morgan fingerprint density at radius 1 is 0.0909 bits per heavy atom. The van der Waals surface area contributed by atoms with Gasteiger partial charge in [-0.1, -0.05) is 255 Å². The van der Waals surface area contributed by atoms with Crippen LogP contribution < -0.4 is 0 Å². The van der Waals surface area contributed by atoms with Crippen molar-refractivity contribution in [1.29, 1.82) is 0 Å². The molecule has 0 saturated heterocycles. The van der Waals surface area contributed by atoms with Crippen LogP contribution in [-0.4, -0.2) is 0 Å². The Balaban J connectivity index is 0.760. The van der Waals surface area contributed by atoms with Gasteiger partial charge in [0.05, 0.1) is 0 Å². The predicted molar refractivity (Wildman–Crippen MR) is 281 cm³/mol. The van der Waals surface area contributed by atoms with E-state index < -0.39 is 0 Å². The van der Waals surface area contributed by atoms with Crippen molar-refractivity contribution in [3.05, 3.63) is 279 Å². The molecule has 0 fully saturated rings. The molecule has 0 radical (unpaired) electrons. The van der Waals surface area contributed by atoms with E-state index in [0.29, 0.717) is 0 Å². The summed E-state index contributed by atoms with van der Waals surface area (Å²) in [6.07, 6.45) is 0. The fraction of sp³-hybridized carbons (Fsp3) is 0. The molecule has 0 aliphatic rings. The molecule has 0 N–H and O–H groups in total. The van der Waals surface area contributed by atoms with Crippen molar-refractivity contribution in [2.24, 2.45) is 0 Å². The van der Waals surface area contributed by atoms with Gasteiger partial charge in [-0.05, 0) is 136 Å². The summed E-state index contributed by atoms with van der Waals surface area (Å²) in [5.41, 5.74) is 24.2. The lowest BCUT2D eigenvalue weighted by molar-refractivity contribution is 1.55. The molecule has 0 unspecified atom stereocenters. The smallest absolute Gasteiger partial charge is 0.0178 e. The Morgan fingerprint density at radius 3 is 0.394 bits per heavy atom. The van der Waals surface area contributed by atoms with Gasteiger partial charge in [0.2, 0.25) is 0 Å². The first-order chi connectivity index (χ1) is 32.7. The molecule has 11 aromatic rings. The molecule has 0 bridgehead atoms. The molecule has 310 valence electrons. The van der Waals surface area contributed by atoms with Crippen molar-refractivity contribution in [1.82, 2.24) is 0 Å². The van der Waals surface area contributed by atoms with Crippen LogP contribution in [0.5, 0.6) is 0 Å². The van der Waals surface area contributed by atoms with Gasteiger partial charge in [-0.2, -0.15) is 0 Å². The molecule has 0 spiro atoms. The minimum Gasteiger partial charge on any atom is -0.0622 e. The highest BCUT2D eigenvalue weighted by molar-refractivity contribution is 5.82. The van der Waals surface area contributed by atoms with Gasteiger partial charge < -0.3 is 0 Å². The van der Waals surface area contributed by atoms with Crippen LogP contribution in [0, 0.1) is 0 Å². The average Bonchev–Trinajstić information content (AvgIpc) is 3.42. The zero-order valence-corrected chi connectivity index (χ0v) is 36.6. The van der Waals surface area contributed by atoms with Crippen molar-refractivity contribution in [3.63, 3.8) is 0 Å². The van der Waals surface area contributed by atoms with E-state index in [1.165, 1.54) is 111 Å². The third-order valence-electron chi connectivity index (χ3n) is 12.8. The summed E-state index contributed by atoms with van der Waals surface area (Å²) < 4.78 is 0. The molecule has 11 aromatic carbocycles. The van der Waals surface area contributed by atoms with E-state index >= 15 is 0 Å². The largest absolute Gasteiger partial charge is 0.0622 e. The zero-order valence-electron chi connectivity index (χ0n) is 36.6. The van der Waals surface area contributed by atoms with Crippen LogP contribution in [0.25, 0.3) is 111 Å². The highest BCUT2D eigenvalue weighted by atomic mass is 14.1. The number of hydrogen-bond donors (Lipinski definition) is 0. The molecule has 0 aliphatic heterocycles. The third-order valence-corrected chi connectivity index (χ3v) is 12.8. The summed E-state index contributed by atoms with van der Waals surface area (Å²) >= 11 is 0. The van der Waals surface area contributed by atoms with E-state index in [0.717, 1.165) is 0 Å². The normalized spacial score (nSPS) is 11.0. The Kier molecular flexibility index (Phi) is 11.1. The highest BCUT2D eigenvalue weighted by Gasteiger charge is 2.09. The Morgan fingerprint density at radius 2 is 0.212 bits per heavy atom. The van der Waals surface area contributed by atoms with Crippen LogP contribution in [0.4, 0.5) is 0 Å². The van der Waals surface area contributed by atoms with E-state index in [1.807, 2.05) is 0 Å². The van der Waals surface area contributed by atoms with Crippen molar-refractivity contribution in [3.8, 4) is 111 Å². The summed E-state index contributed by atoms with van der Waals surface area (Å²) in [5.74, 6) is 0. The lowest BCUT2D eigenvalue weighted by atomic mass is 9.94. The van der Waals surface area contributed by atoms with Gasteiger partial charge in [0.25, 0.3) is 0 Å². The lowest BCUT2D eigenvalue weighted by Gasteiger charge is -2.11. The van der Waals surface area contributed by atoms with Gasteiger partial charge in [0.1, 0.15) is 0 Å². The van der Waals surface area contributed by atoms with Gasteiger partial charge in [-0.15, -0.1) is 0 Å². The maximum atomic E-state index is 2.30. The predicted octanol–water partition coefficient (Wildman–Crippen LogP) is 18.4. The van der Waals surface area contributed by atoms with Gasteiger partial charge >= 0.3 is 0 Å². The number of rotatable bonds is 10. The highest BCUT2D eigenvalue weighted by Crippen LogP contribution is 2.35. The van der Waals surface area contributed by atoms with Crippen LogP contribution in [0.2, 0.25) is 0 Å². The number of benzene rings is 11. The minimum absolute atomic E-state index is 1.20. The SMILES string of the molecule is c1ccc(-c2ccc(-c3ccc(-c4cccc(-c5cccc(-c6ccc(-c7ccc(-c8cccc(-c9cccc(-c%10ccc(-c%11ccccc%11)cc%10)c9)c8)cc7)cc6)c5)c4)cc3)cc2)cc1.